The average Bonchev–Trinajstić information content (AvgIpc) is 2.82. The van der Waals surface area contributed by atoms with Crippen LogP contribution in [-0.2, 0) is 9.53 Å². The smallest absolute Gasteiger partial charge is 0.317 e. The van der Waals surface area contributed by atoms with Crippen molar-refractivity contribution in [2.24, 2.45) is 5.92 Å². The molecule has 1 atom stereocenters. The summed E-state index contributed by atoms with van der Waals surface area (Å²) in [6, 6.07) is -0.0472. The molecule has 1 unspecified atom stereocenters. The number of aliphatic carboxylic acids is 1. The minimum Gasteiger partial charge on any atom is -0.480 e. The second kappa shape index (κ2) is 7.44. The molecular weight excluding hydrogens is 262 g/mol. The zero-order chi connectivity index (χ0) is 14.4. The Labute approximate surface area is 118 Å². The number of carboxylic acids is 1. The van der Waals surface area contributed by atoms with E-state index < -0.39 is 5.97 Å². The lowest BCUT2D eigenvalue weighted by molar-refractivity contribution is -0.138. The van der Waals surface area contributed by atoms with Crippen LogP contribution in [0.1, 0.15) is 12.8 Å². The van der Waals surface area contributed by atoms with Crippen molar-refractivity contribution in [3.63, 3.8) is 0 Å². The van der Waals surface area contributed by atoms with Crippen molar-refractivity contribution in [1.82, 2.24) is 15.1 Å². The maximum absolute atomic E-state index is 12.1. The predicted molar refractivity (Wildman–Crippen MR) is 72.6 cm³/mol. The molecular formula is C13H23N3O4. The van der Waals surface area contributed by atoms with Gasteiger partial charge >= 0.3 is 12.0 Å². The minimum atomic E-state index is -0.816. The molecule has 0 radical (unpaired) electrons. The lowest BCUT2D eigenvalue weighted by atomic mass is 10.1. The van der Waals surface area contributed by atoms with Crippen LogP contribution in [-0.4, -0.2) is 79.4 Å². The number of carbonyl (C=O) groups excluding carboxylic acids is 1. The van der Waals surface area contributed by atoms with E-state index in [4.69, 9.17) is 9.84 Å². The fourth-order valence-corrected chi connectivity index (χ4v) is 2.61. The number of hydrogen-bond acceptors (Lipinski definition) is 4. The van der Waals surface area contributed by atoms with Crippen LogP contribution in [0.5, 0.6) is 0 Å². The topological polar surface area (TPSA) is 82.1 Å². The molecule has 0 saturated carbocycles. The zero-order valence-electron chi connectivity index (χ0n) is 11.7. The molecule has 0 aliphatic carbocycles. The highest BCUT2D eigenvalue weighted by Crippen LogP contribution is 2.11. The molecule has 0 aromatic rings. The summed E-state index contributed by atoms with van der Waals surface area (Å²) in [7, 11) is 0. The number of carboxylic acid groups (broad SMARTS) is 1. The van der Waals surface area contributed by atoms with Gasteiger partial charge in [-0.25, -0.2) is 4.79 Å². The van der Waals surface area contributed by atoms with Gasteiger partial charge in [-0.3, -0.25) is 9.69 Å². The van der Waals surface area contributed by atoms with Gasteiger partial charge in [-0.15, -0.1) is 0 Å². The molecule has 2 rings (SSSR count). The Morgan fingerprint density at radius 1 is 1.25 bits per heavy atom. The SMILES string of the molecule is O=C(O)CN1CCCN(C(=O)NCC2CCOC2)CC1. The third-order valence-electron chi connectivity index (χ3n) is 3.80. The molecule has 2 heterocycles. The predicted octanol–water partition coefficient (Wildman–Crippen LogP) is -0.175. The van der Waals surface area contributed by atoms with Crippen molar-refractivity contribution < 1.29 is 19.4 Å². The van der Waals surface area contributed by atoms with Crippen molar-refractivity contribution in [2.75, 3.05) is 52.5 Å². The first-order valence-corrected chi connectivity index (χ1v) is 7.20. The number of nitrogens with one attached hydrogen (secondary N) is 1. The number of carbonyl (C=O) groups is 2. The van der Waals surface area contributed by atoms with Crippen LogP contribution in [0.3, 0.4) is 0 Å². The van der Waals surface area contributed by atoms with Crippen LogP contribution < -0.4 is 5.32 Å². The summed E-state index contributed by atoms with van der Waals surface area (Å²) in [5.74, 6) is -0.390. The molecule has 0 bridgehead atoms. The van der Waals surface area contributed by atoms with Crippen molar-refractivity contribution in [1.29, 1.82) is 0 Å². The van der Waals surface area contributed by atoms with Crippen LogP contribution >= 0.6 is 0 Å². The van der Waals surface area contributed by atoms with Gasteiger partial charge in [0.1, 0.15) is 0 Å². The Kier molecular flexibility index (Phi) is 5.60. The Balaban J connectivity index is 1.71. The zero-order valence-corrected chi connectivity index (χ0v) is 11.7. The highest BCUT2D eigenvalue weighted by atomic mass is 16.5. The van der Waals surface area contributed by atoms with E-state index in [1.54, 1.807) is 4.90 Å². The van der Waals surface area contributed by atoms with Crippen LogP contribution in [0.4, 0.5) is 4.79 Å². The van der Waals surface area contributed by atoms with Crippen LogP contribution in [0.2, 0.25) is 0 Å². The summed E-state index contributed by atoms with van der Waals surface area (Å²) in [5.41, 5.74) is 0. The van der Waals surface area contributed by atoms with Gasteiger partial charge in [-0.2, -0.15) is 0 Å². The summed E-state index contributed by atoms with van der Waals surface area (Å²) in [4.78, 5) is 26.4. The van der Waals surface area contributed by atoms with E-state index in [1.165, 1.54) is 0 Å². The number of amides is 2. The van der Waals surface area contributed by atoms with Crippen LogP contribution in [0.15, 0.2) is 0 Å². The van der Waals surface area contributed by atoms with Crippen molar-refractivity contribution in [2.45, 2.75) is 12.8 Å². The first-order chi connectivity index (χ1) is 9.65. The third kappa shape index (κ3) is 4.64. The number of nitrogens with zero attached hydrogens (tertiary/aromatic N) is 2. The quantitative estimate of drug-likeness (QED) is 0.749. The summed E-state index contributed by atoms with van der Waals surface area (Å²) in [5, 5.41) is 11.7. The third-order valence-corrected chi connectivity index (χ3v) is 3.80. The van der Waals surface area contributed by atoms with E-state index in [1.807, 2.05) is 4.90 Å². The lowest BCUT2D eigenvalue weighted by Gasteiger charge is -2.22. The van der Waals surface area contributed by atoms with Gasteiger partial charge < -0.3 is 20.1 Å². The number of rotatable bonds is 4. The normalized spacial score (nSPS) is 24.4. The second-order valence-corrected chi connectivity index (χ2v) is 5.43. The fourth-order valence-electron chi connectivity index (χ4n) is 2.61. The van der Waals surface area contributed by atoms with Crippen molar-refractivity contribution >= 4 is 12.0 Å². The number of urea groups is 1. The minimum absolute atomic E-state index is 0.0472. The molecule has 2 N–H and O–H groups in total. The second-order valence-electron chi connectivity index (χ2n) is 5.43. The Morgan fingerprint density at radius 3 is 2.80 bits per heavy atom. The van der Waals surface area contributed by atoms with Crippen molar-refractivity contribution in [3.8, 4) is 0 Å². The summed E-state index contributed by atoms with van der Waals surface area (Å²) < 4.78 is 5.28. The first kappa shape index (κ1) is 15.1. The highest BCUT2D eigenvalue weighted by Gasteiger charge is 2.22. The average molecular weight is 285 g/mol. The molecule has 2 fully saturated rings. The van der Waals surface area contributed by atoms with Gasteiger partial charge in [0.15, 0.2) is 0 Å². The molecule has 0 spiro atoms. The molecule has 2 saturated heterocycles. The molecule has 0 aromatic heterocycles. The van der Waals surface area contributed by atoms with E-state index in [2.05, 4.69) is 5.32 Å². The molecule has 7 heteroatoms. The van der Waals surface area contributed by atoms with Gasteiger partial charge in [0.05, 0.1) is 13.2 Å². The standard InChI is InChI=1S/C13H23N3O4/c17-12(18)9-15-3-1-4-16(6-5-15)13(19)14-8-11-2-7-20-10-11/h11H,1-10H2,(H,14,19)(H,17,18). The van der Waals surface area contributed by atoms with Gasteiger partial charge in [-0.05, 0) is 12.8 Å². The number of ether oxygens (including phenoxy) is 1. The Hall–Kier alpha value is -1.34. The fraction of sp³-hybridized carbons (Fsp3) is 0.846. The highest BCUT2D eigenvalue weighted by molar-refractivity contribution is 5.74. The van der Waals surface area contributed by atoms with E-state index in [-0.39, 0.29) is 12.6 Å². The number of hydrogen-bond donors (Lipinski definition) is 2. The van der Waals surface area contributed by atoms with Crippen molar-refractivity contribution in [3.05, 3.63) is 0 Å². The van der Waals surface area contributed by atoms with Gasteiger partial charge in [-0.1, -0.05) is 0 Å². The van der Waals surface area contributed by atoms with E-state index in [9.17, 15) is 9.59 Å². The Morgan fingerprint density at radius 2 is 2.10 bits per heavy atom. The summed E-state index contributed by atoms with van der Waals surface area (Å²) in [6.07, 6.45) is 1.82. The molecule has 114 valence electrons. The maximum Gasteiger partial charge on any atom is 0.317 e. The van der Waals surface area contributed by atoms with Gasteiger partial charge in [0.25, 0.3) is 0 Å². The molecule has 2 aliphatic heterocycles. The maximum atomic E-state index is 12.1. The lowest BCUT2D eigenvalue weighted by Crippen LogP contribution is -2.43. The van der Waals surface area contributed by atoms with Gasteiger partial charge in [0.2, 0.25) is 0 Å². The Bertz CT molecular complexity index is 345. The van der Waals surface area contributed by atoms with Crippen LogP contribution in [0, 0.1) is 5.92 Å². The van der Waals surface area contributed by atoms with Crippen LogP contribution in [0.25, 0.3) is 0 Å². The molecule has 2 aliphatic rings. The first-order valence-electron chi connectivity index (χ1n) is 7.20. The molecule has 0 aromatic carbocycles. The molecule has 7 nitrogen and oxygen atoms in total. The monoisotopic (exact) mass is 285 g/mol. The van der Waals surface area contributed by atoms with E-state index in [0.29, 0.717) is 32.1 Å². The van der Waals surface area contributed by atoms with E-state index in [0.717, 1.165) is 32.6 Å². The summed E-state index contributed by atoms with van der Waals surface area (Å²) >= 11 is 0. The summed E-state index contributed by atoms with van der Waals surface area (Å²) in [6.45, 7) is 4.84. The van der Waals surface area contributed by atoms with Gasteiger partial charge in [0, 0.05) is 45.2 Å². The van der Waals surface area contributed by atoms with E-state index >= 15 is 0 Å². The molecule has 2 amide bonds. The largest absolute Gasteiger partial charge is 0.480 e. The molecule has 20 heavy (non-hydrogen) atoms.